The second-order valence-corrected chi connectivity index (χ2v) is 5.41. The van der Waals surface area contributed by atoms with E-state index >= 15 is 0 Å². The third kappa shape index (κ3) is 3.61. The van der Waals surface area contributed by atoms with Crippen LogP contribution in [0.25, 0.3) is 0 Å². The Morgan fingerprint density at radius 2 is 2.25 bits per heavy atom. The monoisotopic (exact) mass is 320 g/mol. The zero-order valence-corrected chi connectivity index (χ0v) is 12.4. The predicted molar refractivity (Wildman–Crippen MR) is 75.6 cm³/mol. The highest BCUT2D eigenvalue weighted by atomic mass is 35.5. The van der Waals surface area contributed by atoms with E-state index in [2.05, 4.69) is 10.6 Å². The van der Waals surface area contributed by atoms with Crippen LogP contribution in [0.2, 0.25) is 10.0 Å². The van der Waals surface area contributed by atoms with Crippen molar-refractivity contribution < 1.29 is 13.9 Å². The molecular weight excluding hydrogens is 306 g/mol. The number of halogens is 3. The molecule has 7 heteroatoms. The number of benzene rings is 1. The van der Waals surface area contributed by atoms with E-state index in [4.69, 9.17) is 27.9 Å². The number of nitrogens with one attached hydrogen (secondary N) is 2. The Kier molecular flexibility index (Phi) is 5.21. The van der Waals surface area contributed by atoms with Crippen LogP contribution in [0, 0.1) is 5.82 Å². The Balaban J connectivity index is 2.05. The van der Waals surface area contributed by atoms with Crippen molar-refractivity contribution in [2.75, 3.05) is 19.8 Å². The summed E-state index contributed by atoms with van der Waals surface area (Å²) in [5, 5.41) is 6.10. The van der Waals surface area contributed by atoms with Gasteiger partial charge in [-0.05, 0) is 24.6 Å². The number of rotatable bonds is 3. The first kappa shape index (κ1) is 15.5. The standard InChI is InChI=1S/C13H15Cl2FN2O2/c1-7(8-4-11(16)10(15)5-9(8)14)18-13(19)12-6-20-3-2-17-12/h4-5,7,12,17H,2-3,6H2,1H3,(H,18,19). The molecular formula is C13H15Cl2FN2O2. The van der Waals surface area contributed by atoms with Crippen molar-refractivity contribution in [3.8, 4) is 0 Å². The molecule has 2 rings (SSSR count). The van der Waals surface area contributed by atoms with Crippen molar-refractivity contribution in [1.29, 1.82) is 0 Å². The molecule has 1 aromatic carbocycles. The molecule has 1 amide bonds. The van der Waals surface area contributed by atoms with Crippen LogP contribution in [-0.4, -0.2) is 31.7 Å². The first-order chi connectivity index (χ1) is 9.49. The summed E-state index contributed by atoms with van der Waals surface area (Å²) in [6.07, 6.45) is 0. The average molecular weight is 321 g/mol. The van der Waals surface area contributed by atoms with Gasteiger partial charge in [0.25, 0.3) is 0 Å². The zero-order valence-electron chi connectivity index (χ0n) is 10.9. The topological polar surface area (TPSA) is 50.4 Å². The number of hydrogen-bond acceptors (Lipinski definition) is 3. The SMILES string of the molecule is CC(NC(=O)C1COCCN1)c1cc(F)c(Cl)cc1Cl. The molecule has 0 radical (unpaired) electrons. The molecule has 2 N–H and O–H groups in total. The largest absolute Gasteiger partial charge is 0.378 e. The minimum absolute atomic E-state index is 0.0420. The third-order valence-corrected chi connectivity index (χ3v) is 3.72. The summed E-state index contributed by atoms with van der Waals surface area (Å²) in [7, 11) is 0. The fourth-order valence-electron chi connectivity index (χ4n) is 2.00. The molecule has 0 aromatic heterocycles. The van der Waals surface area contributed by atoms with Gasteiger partial charge in [0.2, 0.25) is 5.91 Å². The summed E-state index contributed by atoms with van der Waals surface area (Å²) in [4.78, 5) is 12.0. The van der Waals surface area contributed by atoms with Gasteiger partial charge in [-0.15, -0.1) is 0 Å². The van der Waals surface area contributed by atoms with Crippen molar-refractivity contribution in [3.63, 3.8) is 0 Å². The van der Waals surface area contributed by atoms with Gasteiger partial charge in [0.15, 0.2) is 0 Å². The number of carbonyl (C=O) groups excluding carboxylic acids is 1. The van der Waals surface area contributed by atoms with Crippen LogP contribution in [0.3, 0.4) is 0 Å². The number of morpholine rings is 1. The summed E-state index contributed by atoms with van der Waals surface area (Å²) in [6.45, 7) is 3.27. The lowest BCUT2D eigenvalue weighted by Crippen LogP contribution is -2.51. The molecule has 1 aliphatic rings. The molecule has 1 heterocycles. The molecule has 4 nitrogen and oxygen atoms in total. The van der Waals surface area contributed by atoms with Crippen molar-refractivity contribution in [2.45, 2.75) is 19.0 Å². The van der Waals surface area contributed by atoms with Gasteiger partial charge in [-0.1, -0.05) is 23.2 Å². The molecule has 110 valence electrons. The summed E-state index contributed by atoms with van der Waals surface area (Å²) >= 11 is 11.7. The quantitative estimate of drug-likeness (QED) is 0.840. The van der Waals surface area contributed by atoms with Crippen LogP contribution >= 0.6 is 23.2 Å². The number of carbonyl (C=O) groups is 1. The Morgan fingerprint density at radius 1 is 1.50 bits per heavy atom. The van der Waals surface area contributed by atoms with Crippen LogP contribution < -0.4 is 10.6 Å². The van der Waals surface area contributed by atoms with Gasteiger partial charge in [-0.25, -0.2) is 4.39 Å². The maximum absolute atomic E-state index is 13.5. The minimum atomic E-state index is -0.564. The maximum Gasteiger partial charge on any atom is 0.240 e. The molecule has 0 spiro atoms. The lowest BCUT2D eigenvalue weighted by Gasteiger charge is -2.25. The second-order valence-electron chi connectivity index (χ2n) is 4.60. The summed E-state index contributed by atoms with van der Waals surface area (Å²) < 4.78 is 18.7. The first-order valence-corrected chi connectivity index (χ1v) is 7.00. The fraction of sp³-hybridized carbons (Fsp3) is 0.462. The highest BCUT2D eigenvalue weighted by Crippen LogP contribution is 2.28. The number of amides is 1. The van der Waals surface area contributed by atoms with Gasteiger partial charge >= 0.3 is 0 Å². The average Bonchev–Trinajstić information content (AvgIpc) is 2.43. The maximum atomic E-state index is 13.5. The van der Waals surface area contributed by atoms with Crippen molar-refractivity contribution >= 4 is 29.1 Å². The van der Waals surface area contributed by atoms with E-state index in [1.807, 2.05) is 0 Å². The fourth-order valence-corrected chi connectivity index (χ4v) is 2.54. The van der Waals surface area contributed by atoms with Crippen molar-refractivity contribution in [2.24, 2.45) is 0 Å². The van der Waals surface area contributed by atoms with E-state index < -0.39 is 17.9 Å². The van der Waals surface area contributed by atoms with Crippen LogP contribution in [-0.2, 0) is 9.53 Å². The van der Waals surface area contributed by atoms with Gasteiger partial charge in [0, 0.05) is 11.6 Å². The van der Waals surface area contributed by atoms with Gasteiger partial charge in [0.05, 0.1) is 24.3 Å². The Hall–Kier alpha value is -0.880. The molecule has 0 saturated carbocycles. The Bertz CT molecular complexity index is 507. The van der Waals surface area contributed by atoms with Crippen LogP contribution in [0.1, 0.15) is 18.5 Å². The Morgan fingerprint density at radius 3 is 2.90 bits per heavy atom. The normalized spacial score (nSPS) is 20.5. The summed E-state index contributed by atoms with van der Waals surface area (Å²) in [6, 6.07) is 1.74. The summed E-state index contributed by atoms with van der Waals surface area (Å²) in [5.74, 6) is -0.769. The van der Waals surface area contributed by atoms with Crippen LogP contribution in [0.5, 0.6) is 0 Å². The zero-order chi connectivity index (χ0) is 14.7. The van der Waals surface area contributed by atoms with Crippen molar-refractivity contribution in [1.82, 2.24) is 10.6 Å². The molecule has 1 fully saturated rings. The highest BCUT2D eigenvalue weighted by Gasteiger charge is 2.23. The first-order valence-electron chi connectivity index (χ1n) is 6.25. The number of hydrogen-bond donors (Lipinski definition) is 2. The second kappa shape index (κ2) is 6.72. The molecule has 1 saturated heterocycles. The lowest BCUT2D eigenvalue weighted by atomic mass is 10.1. The predicted octanol–water partition coefficient (Wildman–Crippen LogP) is 2.30. The third-order valence-electron chi connectivity index (χ3n) is 3.10. The minimum Gasteiger partial charge on any atom is -0.378 e. The van der Waals surface area contributed by atoms with Crippen molar-refractivity contribution in [3.05, 3.63) is 33.6 Å². The van der Waals surface area contributed by atoms with E-state index in [1.54, 1.807) is 6.92 Å². The summed E-state index contributed by atoms with van der Waals surface area (Å²) in [5.41, 5.74) is 0.485. The van der Waals surface area contributed by atoms with Crippen LogP contribution in [0.4, 0.5) is 4.39 Å². The smallest absolute Gasteiger partial charge is 0.240 e. The Labute approximate surface area is 126 Å². The van der Waals surface area contributed by atoms with E-state index in [9.17, 15) is 9.18 Å². The van der Waals surface area contributed by atoms with Crippen LogP contribution in [0.15, 0.2) is 12.1 Å². The molecule has 1 aliphatic heterocycles. The van der Waals surface area contributed by atoms with E-state index in [0.717, 1.165) is 0 Å². The molecule has 20 heavy (non-hydrogen) atoms. The highest BCUT2D eigenvalue weighted by molar-refractivity contribution is 6.35. The molecule has 0 bridgehead atoms. The van der Waals surface area contributed by atoms with E-state index in [0.29, 0.717) is 30.3 Å². The molecule has 2 unspecified atom stereocenters. The lowest BCUT2D eigenvalue weighted by molar-refractivity contribution is -0.126. The molecule has 2 atom stereocenters. The van der Waals surface area contributed by atoms with Gasteiger partial charge in [0.1, 0.15) is 11.9 Å². The van der Waals surface area contributed by atoms with Gasteiger partial charge in [-0.3, -0.25) is 4.79 Å². The van der Waals surface area contributed by atoms with Gasteiger partial charge in [-0.2, -0.15) is 0 Å². The molecule has 1 aromatic rings. The molecule has 0 aliphatic carbocycles. The van der Waals surface area contributed by atoms with Gasteiger partial charge < -0.3 is 15.4 Å². The van der Waals surface area contributed by atoms with E-state index in [-0.39, 0.29) is 10.9 Å². The number of ether oxygens (including phenoxy) is 1. The van der Waals surface area contributed by atoms with E-state index in [1.165, 1.54) is 12.1 Å².